The Hall–Kier alpha value is -5.22. The molecular formula is C38H28N2O2. The summed E-state index contributed by atoms with van der Waals surface area (Å²) in [6, 6.07) is 40.1. The first-order valence-corrected chi connectivity index (χ1v) is 14.2. The molecule has 1 aliphatic rings. The lowest BCUT2D eigenvalue weighted by Crippen LogP contribution is -2.10. The van der Waals surface area contributed by atoms with Crippen LogP contribution in [0.3, 0.4) is 0 Å². The highest BCUT2D eigenvalue weighted by atomic mass is 16.5. The SMILES string of the molecule is CC(C)(C)c1ccc(-c2nnc(-c3ccc(-c4cccc5c4Oc4cc6ccccc6c6cccc-5c46)cc3)o2)cc1. The second-order valence-corrected chi connectivity index (χ2v) is 11.9. The first kappa shape index (κ1) is 24.6. The molecule has 4 heteroatoms. The molecule has 0 N–H and O–H groups in total. The van der Waals surface area contributed by atoms with E-state index in [0.29, 0.717) is 11.8 Å². The summed E-state index contributed by atoms with van der Waals surface area (Å²) in [4.78, 5) is 0. The summed E-state index contributed by atoms with van der Waals surface area (Å²) < 4.78 is 12.8. The summed E-state index contributed by atoms with van der Waals surface area (Å²) in [6.07, 6.45) is 0. The molecule has 0 saturated carbocycles. The van der Waals surface area contributed by atoms with Gasteiger partial charge in [0.2, 0.25) is 11.8 Å². The zero-order chi connectivity index (χ0) is 28.4. The number of aromatic nitrogens is 2. The zero-order valence-corrected chi connectivity index (χ0v) is 23.7. The standard InChI is InChI=1S/C38H28N2O2/c1-38(2,3)27-20-18-25(19-21-27)37-40-39-36(42-37)24-16-14-23(15-17-24)29-10-6-13-32-31-12-7-11-30-28-9-5-4-8-26(28)22-33(34(30)31)41-35(29)32/h4-22H,1-3H3. The number of hydrogen-bond donors (Lipinski definition) is 0. The topological polar surface area (TPSA) is 48.2 Å². The summed E-state index contributed by atoms with van der Waals surface area (Å²) in [5.74, 6) is 2.78. The van der Waals surface area contributed by atoms with Crippen molar-refractivity contribution in [1.29, 1.82) is 0 Å². The Morgan fingerprint density at radius 3 is 1.88 bits per heavy atom. The van der Waals surface area contributed by atoms with Gasteiger partial charge in [-0.15, -0.1) is 10.2 Å². The molecule has 0 bridgehead atoms. The second kappa shape index (κ2) is 9.15. The van der Waals surface area contributed by atoms with Gasteiger partial charge in [-0.05, 0) is 68.6 Å². The largest absolute Gasteiger partial charge is 0.455 e. The fourth-order valence-electron chi connectivity index (χ4n) is 5.99. The van der Waals surface area contributed by atoms with Crippen LogP contribution in [0.2, 0.25) is 0 Å². The van der Waals surface area contributed by atoms with Crippen LogP contribution >= 0.6 is 0 Å². The van der Waals surface area contributed by atoms with Crippen molar-refractivity contribution in [2.45, 2.75) is 26.2 Å². The Morgan fingerprint density at radius 2 is 1.14 bits per heavy atom. The predicted octanol–water partition coefficient (Wildman–Crippen LogP) is 10.4. The molecule has 42 heavy (non-hydrogen) atoms. The maximum Gasteiger partial charge on any atom is 0.248 e. The van der Waals surface area contributed by atoms with E-state index in [1.54, 1.807) is 0 Å². The molecule has 8 rings (SSSR count). The first-order chi connectivity index (χ1) is 20.4. The number of benzene rings is 6. The van der Waals surface area contributed by atoms with Gasteiger partial charge in [0.15, 0.2) is 0 Å². The van der Waals surface area contributed by atoms with Gasteiger partial charge in [-0.2, -0.15) is 0 Å². The average Bonchev–Trinajstić information content (AvgIpc) is 3.51. The van der Waals surface area contributed by atoms with Crippen LogP contribution in [0.1, 0.15) is 26.3 Å². The van der Waals surface area contributed by atoms with Gasteiger partial charge in [-0.3, -0.25) is 0 Å². The van der Waals surface area contributed by atoms with Crippen LogP contribution in [-0.2, 0) is 5.41 Å². The number of ether oxygens (including phenoxy) is 1. The van der Waals surface area contributed by atoms with E-state index in [4.69, 9.17) is 9.15 Å². The number of para-hydroxylation sites is 1. The Kier molecular flexibility index (Phi) is 5.35. The molecule has 0 saturated heterocycles. The minimum Gasteiger partial charge on any atom is -0.455 e. The highest BCUT2D eigenvalue weighted by molar-refractivity contribution is 6.16. The van der Waals surface area contributed by atoms with Crippen LogP contribution in [0.25, 0.3) is 66.7 Å². The third kappa shape index (κ3) is 3.91. The van der Waals surface area contributed by atoms with Gasteiger partial charge in [0.25, 0.3) is 0 Å². The van der Waals surface area contributed by atoms with Gasteiger partial charge in [0.05, 0.1) is 0 Å². The van der Waals surface area contributed by atoms with Crippen LogP contribution in [0.4, 0.5) is 0 Å². The molecule has 4 nitrogen and oxygen atoms in total. The predicted molar refractivity (Wildman–Crippen MR) is 170 cm³/mol. The lowest BCUT2D eigenvalue weighted by Gasteiger charge is -2.24. The molecule has 0 atom stereocenters. The molecule has 0 fully saturated rings. The monoisotopic (exact) mass is 544 g/mol. The molecule has 2 heterocycles. The van der Waals surface area contributed by atoms with Crippen LogP contribution < -0.4 is 4.74 Å². The van der Waals surface area contributed by atoms with Crippen LogP contribution in [-0.4, -0.2) is 10.2 Å². The number of rotatable bonds is 3. The van der Waals surface area contributed by atoms with E-state index in [1.807, 2.05) is 24.3 Å². The molecule has 0 spiro atoms. The molecular weight excluding hydrogens is 516 g/mol. The normalized spacial score (nSPS) is 12.4. The van der Waals surface area contributed by atoms with Crippen LogP contribution in [0.5, 0.6) is 11.5 Å². The van der Waals surface area contributed by atoms with Crippen LogP contribution in [0.15, 0.2) is 120 Å². The van der Waals surface area contributed by atoms with E-state index < -0.39 is 0 Å². The van der Waals surface area contributed by atoms with E-state index >= 15 is 0 Å². The summed E-state index contributed by atoms with van der Waals surface area (Å²) in [7, 11) is 0. The van der Waals surface area contributed by atoms with Crippen LogP contribution in [0, 0.1) is 0 Å². The highest BCUT2D eigenvalue weighted by Crippen LogP contribution is 2.51. The lowest BCUT2D eigenvalue weighted by molar-refractivity contribution is 0.489. The lowest BCUT2D eigenvalue weighted by atomic mass is 9.87. The molecule has 0 aliphatic carbocycles. The van der Waals surface area contributed by atoms with Crippen molar-refractivity contribution in [1.82, 2.24) is 10.2 Å². The minimum atomic E-state index is 0.0917. The van der Waals surface area contributed by atoms with Crippen molar-refractivity contribution >= 4 is 21.5 Å². The van der Waals surface area contributed by atoms with Gasteiger partial charge in [0.1, 0.15) is 11.5 Å². The van der Waals surface area contributed by atoms with Gasteiger partial charge in [-0.25, -0.2) is 0 Å². The van der Waals surface area contributed by atoms with Crippen molar-refractivity contribution in [3.63, 3.8) is 0 Å². The van der Waals surface area contributed by atoms with E-state index in [2.05, 4.69) is 122 Å². The Morgan fingerprint density at radius 1 is 0.548 bits per heavy atom. The molecule has 0 amide bonds. The highest BCUT2D eigenvalue weighted by Gasteiger charge is 2.24. The molecule has 0 unspecified atom stereocenters. The van der Waals surface area contributed by atoms with E-state index in [0.717, 1.165) is 44.7 Å². The summed E-state index contributed by atoms with van der Waals surface area (Å²) >= 11 is 0. The molecule has 0 radical (unpaired) electrons. The van der Waals surface area contributed by atoms with Crippen molar-refractivity contribution in [3.8, 4) is 56.7 Å². The number of hydrogen-bond acceptors (Lipinski definition) is 4. The third-order valence-electron chi connectivity index (χ3n) is 8.23. The average molecular weight is 545 g/mol. The van der Waals surface area contributed by atoms with E-state index in [-0.39, 0.29) is 5.41 Å². The maximum absolute atomic E-state index is 6.70. The second-order valence-electron chi connectivity index (χ2n) is 11.9. The zero-order valence-electron chi connectivity index (χ0n) is 23.7. The summed E-state index contributed by atoms with van der Waals surface area (Å²) in [5.41, 5.74) is 7.54. The first-order valence-electron chi connectivity index (χ1n) is 14.2. The van der Waals surface area contributed by atoms with Crippen molar-refractivity contribution in [2.24, 2.45) is 0 Å². The van der Waals surface area contributed by atoms with Gasteiger partial charge in [0, 0.05) is 27.6 Å². The van der Waals surface area contributed by atoms with Gasteiger partial charge >= 0.3 is 0 Å². The van der Waals surface area contributed by atoms with Gasteiger partial charge in [-0.1, -0.05) is 106 Å². The fraction of sp³-hybridized carbons (Fsp3) is 0.105. The molecule has 202 valence electrons. The van der Waals surface area contributed by atoms with Crippen molar-refractivity contribution < 1.29 is 9.15 Å². The Balaban J connectivity index is 1.14. The van der Waals surface area contributed by atoms with Gasteiger partial charge < -0.3 is 9.15 Å². The number of nitrogens with zero attached hydrogens (tertiary/aromatic N) is 2. The van der Waals surface area contributed by atoms with E-state index in [1.165, 1.54) is 27.3 Å². The fourth-order valence-corrected chi connectivity index (χ4v) is 5.99. The summed E-state index contributed by atoms with van der Waals surface area (Å²) in [5, 5.41) is 13.4. The minimum absolute atomic E-state index is 0.0917. The number of fused-ring (bicyclic) bond motifs is 4. The Bertz CT molecular complexity index is 2130. The molecule has 7 aromatic rings. The molecule has 6 aromatic carbocycles. The van der Waals surface area contributed by atoms with Crippen molar-refractivity contribution in [2.75, 3.05) is 0 Å². The van der Waals surface area contributed by atoms with E-state index in [9.17, 15) is 0 Å². The molecule has 1 aromatic heterocycles. The quantitative estimate of drug-likeness (QED) is 0.208. The third-order valence-corrected chi connectivity index (χ3v) is 8.23. The molecule has 1 aliphatic heterocycles. The Labute approximate surface area is 244 Å². The smallest absolute Gasteiger partial charge is 0.248 e. The van der Waals surface area contributed by atoms with Crippen molar-refractivity contribution in [3.05, 3.63) is 121 Å². The summed E-state index contributed by atoms with van der Waals surface area (Å²) in [6.45, 7) is 6.61. The maximum atomic E-state index is 6.70.